The number of carbonyl (C=O) groups excluding carboxylic acids is 1. The molecule has 2 aromatic rings. The summed E-state index contributed by atoms with van der Waals surface area (Å²) in [6, 6.07) is 7.93. The lowest BCUT2D eigenvalue weighted by Gasteiger charge is -2.34. The molecule has 1 aromatic heterocycles. The predicted octanol–water partition coefficient (Wildman–Crippen LogP) is 1.58. The summed E-state index contributed by atoms with van der Waals surface area (Å²) in [5.41, 5.74) is 1.64. The van der Waals surface area contributed by atoms with E-state index < -0.39 is 0 Å². The number of nitrogens with zero attached hydrogens (tertiary/aromatic N) is 2. The van der Waals surface area contributed by atoms with Gasteiger partial charge in [-0.15, -0.1) is 0 Å². The summed E-state index contributed by atoms with van der Waals surface area (Å²) in [7, 11) is 0. The van der Waals surface area contributed by atoms with Gasteiger partial charge in [0.15, 0.2) is 11.5 Å². The zero-order valence-electron chi connectivity index (χ0n) is 11.6. The average Bonchev–Trinajstić information content (AvgIpc) is 2.88. The standard InChI is InChI=1S/C15H19N3O2/c1-11-10-16-8-9-18(11)15(19)7-6-14-17-12-4-2-3-5-13(12)20-14/h2-5,11,16H,6-10H2,1H3/t11-/m1/s1. The average molecular weight is 273 g/mol. The molecule has 1 fully saturated rings. The number of piperazine rings is 1. The molecule has 1 aliphatic heterocycles. The maximum Gasteiger partial charge on any atom is 0.223 e. The number of benzene rings is 1. The number of aromatic nitrogens is 1. The molecule has 0 unspecified atom stereocenters. The summed E-state index contributed by atoms with van der Waals surface area (Å²) in [6.45, 7) is 4.60. The molecular formula is C15H19N3O2. The molecule has 1 aliphatic rings. The summed E-state index contributed by atoms with van der Waals surface area (Å²) in [6.07, 6.45) is 1.02. The number of fused-ring (bicyclic) bond motifs is 1. The van der Waals surface area contributed by atoms with Crippen LogP contribution in [0.25, 0.3) is 11.1 Å². The van der Waals surface area contributed by atoms with Crippen LogP contribution in [0.5, 0.6) is 0 Å². The predicted molar refractivity (Wildman–Crippen MR) is 76.4 cm³/mol. The van der Waals surface area contributed by atoms with Crippen molar-refractivity contribution in [2.75, 3.05) is 19.6 Å². The minimum absolute atomic E-state index is 0.182. The van der Waals surface area contributed by atoms with Gasteiger partial charge in [-0.3, -0.25) is 4.79 Å². The van der Waals surface area contributed by atoms with Crippen molar-refractivity contribution in [3.05, 3.63) is 30.2 Å². The summed E-state index contributed by atoms with van der Waals surface area (Å²) in [5.74, 6) is 0.823. The molecule has 20 heavy (non-hydrogen) atoms. The summed E-state index contributed by atoms with van der Waals surface area (Å²) < 4.78 is 5.64. The molecular weight excluding hydrogens is 254 g/mol. The number of hydrogen-bond acceptors (Lipinski definition) is 4. The molecule has 5 heteroatoms. The highest BCUT2D eigenvalue weighted by Gasteiger charge is 2.22. The smallest absolute Gasteiger partial charge is 0.223 e. The van der Waals surface area contributed by atoms with Gasteiger partial charge in [0.2, 0.25) is 5.91 Å². The number of rotatable bonds is 3. The topological polar surface area (TPSA) is 58.4 Å². The van der Waals surface area contributed by atoms with Gasteiger partial charge in [-0.2, -0.15) is 0 Å². The van der Waals surface area contributed by atoms with E-state index in [1.54, 1.807) is 0 Å². The van der Waals surface area contributed by atoms with E-state index in [1.807, 2.05) is 29.2 Å². The van der Waals surface area contributed by atoms with E-state index in [2.05, 4.69) is 17.2 Å². The number of amides is 1. The number of carbonyl (C=O) groups is 1. The molecule has 0 saturated carbocycles. The van der Waals surface area contributed by atoms with Gasteiger partial charge in [0, 0.05) is 38.5 Å². The van der Waals surface area contributed by atoms with Crippen LogP contribution < -0.4 is 5.32 Å². The molecule has 106 valence electrons. The first-order chi connectivity index (χ1) is 9.74. The molecule has 3 rings (SSSR count). The normalized spacial score (nSPS) is 19.4. The lowest BCUT2D eigenvalue weighted by atomic mass is 10.2. The van der Waals surface area contributed by atoms with Crippen LogP contribution in [0.15, 0.2) is 28.7 Å². The largest absolute Gasteiger partial charge is 0.441 e. The van der Waals surface area contributed by atoms with Gasteiger partial charge < -0.3 is 14.6 Å². The first-order valence-electron chi connectivity index (χ1n) is 7.08. The van der Waals surface area contributed by atoms with Gasteiger partial charge in [-0.05, 0) is 19.1 Å². The number of oxazole rings is 1. The Kier molecular flexibility index (Phi) is 3.69. The summed E-state index contributed by atoms with van der Waals surface area (Å²) in [5, 5.41) is 3.29. The fraction of sp³-hybridized carbons (Fsp3) is 0.467. The fourth-order valence-electron chi connectivity index (χ4n) is 2.60. The van der Waals surface area contributed by atoms with Gasteiger partial charge in [-0.25, -0.2) is 4.98 Å². The van der Waals surface area contributed by atoms with E-state index in [9.17, 15) is 4.79 Å². The van der Waals surface area contributed by atoms with Crippen LogP contribution in [0.4, 0.5) is 0 Å². The summed E-state index contributed by atoms with van der Waals surface area (Å²) >= 11 is 0. The highest BCUT2D eigenvalue weighted by Crippen LogP contribution is 2.16. The van der Waals surface area contributed by atoms with Gasteiger partial charge >= 0.3 is 0 Å². The van der Waals surface area contributed by atoms with Crippen molar-refractivity contribution < 1.29 is 9.21 Å². The Morgan fingerprint density at radius 3 is 3.15 bits per heavy atom. The van der Waals surface area contributed by atoms with Gasteiger partial charge in [0.05, 0.1) is 0 Å². The molecule has 0 aliphatic carbocycles. The first kappa shape index (κ1) is 13.1. The van der Waals surface area contributed by atoms with E-state index in [-0.39, 0.29) is 11.9 Å². The quantitative estimate of drug-likeness (QED) is 0.922. The van der Waals surface area contributed by atoms with E-state index in [0.717, 1.165) is 30.7 Å². The van der Waals surface area contributed by atoms with Crippen LogP contribution in [-0.2, 0) is 11.2 Å². The molecule has 1 aromatic carbocycles. The second kappa shape index (κ2) is 5.63. The molecule has 1 amide bonds. The zero-order chi connectivity index (χ0) is 13.9. The second-order valence-electron chi connectivity index (χ2n) is 5.22. The van der Waals surface area contributed by atoms with Crippen molar-refractivity contribution in [1.29, 1.82) is 0 Å². The number of aryl methyl sites for hydroxylation is 1. The molecule has 0 bridgehead atoms. The SMILES string of the molecule is C[C@@H]1CNCCN1C(=O)CCc1nc2ccccc2o1. The third-order valence-electron chi connectivity index (χ3n) is 3.71. The maximum absolute atomic E-state index is 12.2. The number of nitrogens with one attached hydrogen (secondary N) is 1. The van der Waals surface area contributed by atoms with Crippen molar-refractivity contribution in [3.63, 3.8) is 0 Å². The molecule has 0 radical (unpaired) electrons. The molecule has 5 nitrogen and oxygen atoms in total. The minimum atomic E-state index is 0.182. The zero-order valence-corrected chi connectivity index (χ0v) is 11.6. The van der Waals surface area contributed by atoms with Crippen LogP contribution in [0.2, 0.25) is 0 Å². The number of hydrogen-bond donors (Lipinski definition) is 1. The van der Waals surface area contributed by atoms with Crippen molar-refractivity contribution in [2.24, 2.45) is 0 Å². The van der Waals surface area contributed by atoms with Crippen molar-refractivity contribution in [2.45, 2.75) is 25.8 Å². The Balaban J connectivity index is 1.62. The minimum Gasteiger partial charge on any atom is -0.441 e. The Morgan fingerprint density at radius 2 is 2.35 bits per heavy atom. The van der Waals surface area contributed by atoms with E-state index in [1.165, 1.54) is 0 Å². The van der Waals surface area contributed by atoms with E-state index >= 15 is 0 Å². The lowest BCUT2D eigenvalue weighted by Crippen LogP contribution is -2.52. The molecule has 1 N–H and O–H groups in total. The van der Waals surface area contributed by atoms with Crippen molar-refractivity contribution >= 4 is 17.0 Å². The number of para-hydroxylation sites is 2. The third-order valence-corrected chi connectivity index (χ3v) is 3.71. The van der Waals surface area contributed by atoms with Crippen LogP contribution >= 0.6 is 0 Å². The first-order valence-corrected chi connectivity index (χ1v) is 7.08. The highest BCUT2D eigenvalue weighted by molar-refractivity contribution is 5.77. The third kappa shape index (κ3) is 2.67. The Hall–Kier alpha value is -1.88. The summed E-state index contributed by atoms with van der Waals surface area (Å²) in [4.78, 5) is 18.6. The molecule has 2 heterocycles. The molecule has 1 atom stereocenters. The van der Waals surface area contributed by atoms with Crippen molar-refractivity contribution in [1.82, 2.24) is 15.2 Å². The van der Waals surface area contributed by atoms with Crippen LogP contribution in [0.1, 0.15) is 19.2 Å². The highest BCUT2D eigenvalue weighted by atomic mass is 16.3. The van der Waals surface area contributed by atoms with Gasteiger partial charge in [0.1, 0.15) is 5.52 Å². The van der Waals surface area contributed by atoms with E-state index in [0.29, 0.717) is 18.7 Å². The second-order valence-corrected chi connectivity index (χ2v) is 5.22. The Labute approximate surface area is 118 Å². The maximum atomic E-state index is 12.2. The van der Waals surface area contributed by atoms with Crippen molar-refractivity contribution in [3.8, 4) is 0 Å². The molecule has 0 spiro atoms. The van der Waals surface area contributed by atoms with Gasteiger partial charge in [0.25, 0.3) is 0 Å². The lowest BCUT2D eigenvalue weighted by molar-refractivity contribution is -0.134. The van der Waals surface area contributed by atoms with Crippen LogP contribution in [0, 0.1) is 0 Å². The fourth-order valence-corrected chi connectivity index (χ4v) is 2.60. The van der Waals surface area contributed by atoms with Crippen LogP contribution in [-0.4, -0.2) is 41.5 Å². The molecule has 1 saturated heterocycles. The van der Waals surface area contributed by atoms with Crippen LogP contribution in [0.3, 0.4) is 0 Å². The Bertz CT molecular complexity index is 575. The van der Waals surface area contributed by atoms with Gasteiger partial charge in [-0.1, -0.05) is 12.1 Å². The van der Waals surface area contributed by atoms with E-state index in [4.69, 9.17) is 4.42 Å². The Morgan fingerprint density at radius 1 is 1.50 bits per heavy atom. The monoisotopic (exact) mass is 273 g/mol.